The lowest BCUT2D eigenvalue weighted by atomic mass is 10.0. The fourth-order valence-electron chi connectivity index (χ4n) is 2.00. The van der Waals surface area contributed by atoms with E-state index >= 15 is 0 Å². The average Bonchev–Trinajstić information content (AvgIpc) is 2.91. The van der Waals surface area contributed by atoms with Gasteiger partial charge in [0.2, 0.25) is 0 Å². The van der Waals surface area contributed by atoms with Gasteiger partial charge in [-0.15, -0.1) is 0 Å². The minimum Gasteiger partial charge on any atom is -0.383 e. The Labute approximate surface area is 95.2 Å². The number of nitrogens with zero attached hydrogens (tertiary/aromatic N) is 1. The highest BCUT2D eigenvalue weighted by atomic mass is 32.1. The van der Waals surface area contributed by atoms with Crippen LogP contribution in [0.25, 0.3) is 0 Å². The third-order valence-corrected chi connectivity index (χ3v) is 4.24. The van der Waals surface area contributed by atoms with Crippen molar-refractivity contribution in [2.24, 2.45) is 5.41 Å². The van der Waals surface area contributed by atoms with Crippen molar-refractivity contribution < 1.29 is 0 Å². The molecule has 84 valence electrons. The maximum absolute atomic E-state index is 5.71. The van der Waals surface area contributed by atoms with Crippen molar-refractivity contribution in [2.45, 2.75) is 39.5 Å². The molecule has 2 rings (SSSR count). The van der Waals surface area contributed by atoms with Crippen molar-refractivity contribution in [1.29, 1.82) is 0 Å². The molecule has 1 heterocycles. The van der Waals surface area contributed by atoms with E-state index in [2.05, 4.69) is 16.6 Å². The molecule has 1 aliphatic rings. The number of nitrogen functional groups attached to an aromatic ring is 1. The zero-order valence-electron chi connectivity index (χ0n) is 9.47. The maximum atomic E-state index is 5.71. The molecule has 15 heavy (non-hydrogen) atoms. The summed E-state index contributed by atoms with van der Waals surface area (Å²) >= 11 is 1.48. The van der Waals surface area contributed by atoms with Gasteiger partial charge in [0.15, 0.2) is 0 Å². The normalized spacial score (nSPS) is 17.7. The number of hydrogen-bond donors (Lipinski definition) is 2. The van der Waals surface area contributed by atoms with Crippen LogP contribution >= 0.6 is 11.5 Å². The predicted octanol–water partition coefficient (Wildman–Crippen LogP) is 3.03. The number of hydrogen-bond acceptors (Lipinski definition) is 4. The second kappa shape index (κ2) is 4.00. The first-order valence-electron chi connectivity index (χ1n) is 5.62. The first kappa shape index (κ1) is 10.7. The van der Waals surface area contributed by atoms with E-state index in [1.54, 1.807) is 0 Å². The zero-order valence-corrected chi connectivity index (χ0v) is 10.3. The maximum Gasteiger partial charge on any atom is 0.142 e. The third kappa shape index (κ3) is 2.25. The van der Waals surface area contributed by atoms with Crippen molar-refractivity contribution in [1.82, 2.24) is 4.37 Å². The monoisotopic (exact) mass is 225 g/mol. The molecule has 1 fully saturated rings. The molecule has 1 aromatic heterocycles. The lowest BCUT2D eigenvalue weighted by Crippen LogP contribution is -2.14. The van der Waals surface area contributed by atoms with Crippen LogP contribution in [0.1, 0.15) is 38.2 Å². The molecule has 0 unspecified atom stereocenters. The van der Waals surface area contributed by atoms with Crippen LogP contribution in [0, 0.1) is 12.3 Å². The molecule has 0 spiro atoms. The van der Waals surface area contributed by atoms with Gasteiger partial charge in [-0.1, -0.05) is 13.3 Å². The van der Waals surface area contributed by atoms with Crippen LogP contribution < -0.4 is 11.1 Å². The molecule has 3 nitrogen and oxygen atoms in total. The highest BCUT2D eigenvalue weighted by Crippen LogP contribution is 2.49. The van der Waals surface area contributed by atoms with Gasteiger partial charge in [0, 0.05) is 12.1 Å². The molecule has 0 aromatic carbocycles. The fourth-order valence-corrected chi connectivity index (χ4v) is 2.71. The Kier molecular flexibility index (Phi) is 2.87. The van der Waals surface area contributed by atoms with Crippen molar-refractivity contribution in [3.8, 4) is 0 Å². The Hall–Kier alpha value is -0.770. The topological polar surface area (TPSA) is 50.9 Å². The summed E-state index contributed by atoms with van der Waals surface area (Å²) in [4.78, 5) is 0. The first-order chi connectivity index (χ1) is 7.17. The molecular formula is C11H19N3S. The van der Waals surface area contributed by atoms with Gasteiger partial charge >= 0.3 is 0 Å². The molecule has 1 saturated carbocycles. The standard InChI is InChI=1S/C11H19N3S/c1-3-4-11(5-6-11)7-13-10-8(2)9(12)14-15-10/h13H,3-7H2,1-2H3,(H2,12,14). The van der Waals surface area contributed by atoms with Gasteiger partial charge in [0.1, 0.15) is 10.8 Å². The second-order valence-corrected chi connectivity index (χ2v) is 5.40. The highest BCUT2D eigenvalue weighted by molar-refractivity contribution is 7.10. The van der Waals surface area contributed by atoms with E-state index in [9.17, 15) is 0 Å². The van der Waals surface area contributed by atoms with Gasteiger partial charge in [0.25, 0.3) is 0 Å². The summed E-state index contributed by atoms with van der Waals surface area (Å²) in [5, 5.41) is 4.65. The molecule has 0 radical (unpaired) electrons. The first-order valence-corrected chi connectivity index (χ1v) is 6.40. The zero-order chi connectivity index (χ0) is 10.9. The van der Waals surface area contributed by atoms with E-state index in [1.165, 1.54) is 37.2 Å². The Morgan fingerprint density at radius 1 is 1.53 bits per heavy atom. The fraction of sp³-hybridized carbons (Fsp3) is 0.727. The number of nitrogens with two attached hydrogens (primary N) is 1. The van der Waals surface area contributed by atoms with Gasteiger partial charge in [-0.05, 0) is 43.1 Å². The molecule has 1 aliphatic carbocycles. The van der Waals surface area contributed by atoms with E-state index in [0.717, 1.165) is 17.1 Å². The molecule has 3 N–H and O–H groups in total. The number of anilines is 2. The molecular weight excluding hydrogens is 206 g/mol. The SMILES string of the molecule is CCCC1(CNc2snc(N)c2C)CC1. The van der Waals surface area contributed by atoms with Crippen molar-refractivity contribution in [3.63, 3.8) is 0 Å². The molecule has 0 bridgehead atoms. The van der Waals surface area contributed by atoms with E-state index in [4.69, 9.17) is 5.73 Å². The van der Waals surface area contributed by atoms with Crippen LogP contribution in [0.4, 0.5) is 10.8 Å². The van der Waals surface area contributed by atoms with Gasteiger partial charge in [-0.3, -0.25) is 0 Å². The molecule has 1 aromatic rings. The van der Waals surface area contributed by atoms with Gasteiger partial charge in [-0.2, -0.15) is 4.37 Å². The summed E-state index contributed by atoms with van der Waals surface area (Å²) in [5.41, 5.74) is 7.40. The van der Waals surface area contributed by atoms with Crippen LogP contribution in [-0.4, -0.2) is 10.9 Å². The van der Waals surface area contributed by atoms with Crippen molar-refractivity contribution in [3.05, 3.63) is 5.56 Å². The Morgan fingerprint density at radius 2 is 2.27 bits per heavy atom. The molecule has 0 aliphatic heterocycles. The smallest absolute Gasteiger partial charge is 0.142 e. The van der Waals surface area contributed by atoms with E-state index in [-0.39, 0.29) is 0 Å². The number of nitrogens with one attached hydrogen (secondary N) is 1. The summed E-state index contributed by atoms with van der Waals surface area (Å²) in [6, 6.07) is 0. The van der Waals surface area contributed by atoms with Crippen LogP contribution in [0.2, 0.25) is 0 Å². The van der Waals surface area contributed by atoms with Crippen LogP contribution in [0.15, 0.2) is 0 Å². The molecule has 0 saturated heterocycles. The van der Waals surface area contributed by atoms with Gasteiger partial charge in [-0.25, -0.2) is 0 Å². The second-order valence-electron chi connectivity index (χ2n) is 4.63. The van der Waals surface area contributed by atoms with Crippen molar-refractivity contribution in [2.75, 3.05) is 17.6 Å². The summed E-state index contributed by atoms with van der Waals surface area (Å²) in [7, 11) is 0. The van der Waals surface area contributed by atoms with E-state index in [1.807, 2.05) is 6.92 Å². The number of rotatable bonds is 5. The summed E-state index contributed by atoms with van der Waals surface area (Å²) in [6.45, 7) is 5.37. The van der Waals surface area contributed by atoms with Gasteiger partial charge < -0.3 is 11.1 Å². The third-order valence-electron chi connectivity index (χ3n) is 3.32. The average molecular weight is 225 g/mol. The van der Waals surface area contributed by atoms with Gasteiger partial charge in [0.05, 0.1) is 0 Å². The largest absolute Gasteiger partial charge is 0.383 e. The molecule has 0 atom stereocenters. The predicted molar refractivity (Wildman–Crippen MR) is 66.3 cm³/mol. The van der Waals surface area contributed by atoms with E-state index < -0.39 is 0 Å². The molecule has 4 heteroatoms. The summed E-state index contributed by atoms with van der Waals surface area (Å²) < 4.78 is 4.14. The highest BCUT2D eigenvalue weighted by Gasteiger charge is 2.41. The minimum absolute atomic E-state index is 0.583. The van der Waals surface area contributed by atoms with Crippen LogP contribution in [0.5, 0.6) is 0 Å². The minimum atomic E-state index is 0.583. The molecule has 0 amide bonds. The van der Waals surface area contributed by atoms with Crippen LogP contribution in [-0.2, 0) is 0 Å². The Bertz CT molecular complexity index is 342. The summed E-state index contributed by atoms with van der Waals surface area (Å²) in [6.07, 6.45) is 5.38. The lowest BCUT2D eigenvalue weighted by molar-refractivity contribution is 0.486. The van der Waals surface area contributed by atoms with Crippen molar-refractivity contribution >= 4 is 22.4 Å². The summed E-state index contributed by atoms with van der Waals surface area (Å²) in [5.74, 6) is 0.669. The Morgan fingerprint density at radius 3 is 2.73 bits per heavy atom. The van der Waals surface area contributed by atoms with E-state index in [0.29, 0.717) is 11.2 Å². The Balaban J connectivity index is 1.91. The number of aromatic nitrogens is 1. The lowest BCUT2D eigenvalue weighted by Gasteiger charge is -2.14. The quantitative estimate of drug-likeness (QED) is 0.810. The van der Waals surface area contributed by atoms with Crippen LogP contribution in [0.3, 0.4) is 0 Å².